The van der Waals surface area contributed by atoms with Gasteiger partial charge in [0.15, 0.2) is 0 Å². The maximum Gasteiger partial charge on any atom is 0.255 e. The lowest BCUT2D eigenvalue weighted by Crippen LogP contribution is -2.32. The third-order valence-corrected chi connectivity index (χ3v) is 4.62. The van der Waals surface area contributed by atoms with Crippen LogP contribution in [0.1, 0.15) is 49.4 Å². The van der Waals surface area contributed by atoms with Crippen molar-refractivity contribution in [3.8, 4) is 0 Å². The first-order valence-corrected chi connectivity index (χ1v) is 8.22. The lowest BCUT2D eigenvalue weighted by Gasteiger charge is -2.21. The van der Waals surface area contributed by atoms with E-state index >= 15 is 0 Å². The van der Waals surface area contributed by atoms with Gasteiger partial charge in [-0.2, -0.15) is 0 Å². The number of thiol groups is 1. The second-order valence-corrected chi connectivity index (χ2v) is 6.47. The topological polar surface area (TPSA) is 20.3 Å². The van der Waals surface area contributed by atoms with Crippen LogP contribution in [0, 0.1) is 5.92 Å². The lowest BCUT2D eigenvalue weighted by atomic mass is 9.96. The van der Waals surface area contributed by atoms with Gasteiger partial charge >= 0.3 is 0 Å². The molecule has 0 spiro atoms. The van der Waals surface area contributed by atoms with Crippen molar-refractivity contribution in [3.63, 3.8) is 0 Å². The zero-order valence-electron chi connectivity index (χ0n) is 11.9. The molecule has 1 aromatic carbocycles. The number of hydrogen-bond donors (Lipinski definition) is 1. The summed E-state index contributed by atoms with van der Waals surface area (Å²) in [5, 5.41) is 0.516. The van der Waals surface area contributed by atoms with Gasteiger partial charge in [-0.25, -0.2) is 0 Å². The third-order valence-electron chi connectivity index (χ3n) is 4.01. The monoisotopic (exact) mass is 311 g/mol. The number of hydrogen-bond acceptors (Lipinski definition) is 2. The molecule has 2 rings (SSSR count). The Morgan fingerprint density at radius 1 is 1.40 bits per heavy atom. The quantitative estimate of drug-likeness (QED) is 0.804. The lowest BCUT2D eigenvalue weighted by molar-refractivity contribution is 0.0759. The van der Waals surface area contributed by atoms with Crippen molar-refractivity contribution in [2.24, 2.45) is 5.92 Å². The summed E-state index contributed by atoms with van der Waals surface area (Å²) in [6.07, 6.45) is 5.94. The van der Waals surface area contributed by atoms with Gasteiger partial charge in [0.25, 0.3) is 5.91 Å². The fourth-order valence-corrected chi connectivity index (χ4v) is 3.31. The van der Waals surface area contributed by atoms with Crippen LogP contribution < -0.4 is 0 Å². The molecule has 1 saturated heterocycles. The number of halogens is 1. The van der Waals surface area contributed by atoms with Crippen molar-refractivity contribution in [2.45, 2.75) is 43.9 Å². The highest BCUT2D eigenvalue weighted by atomic mass is 35.5. The van der Waals surface area contributed by atoms with Gasteiger partial charge in [0.2, 0.25) is 0 Å². The normalized spacial score (nSPS) is 19.8. The van der Waals surface area contributed by atoms with Gasteiger partial charge in [-0.05, 0) is 43.4 Å². The minimum Gasteiger partial charge on any atom is -0.339 e. The molecule has 0 radical (unpaired) electrons. The summed E-state index contributed by atoms with van der Waals surface area (Å²) in [6, 6.07) is 5.32. The van der Waals surface area contributed by atoms with Gasteiger partial charge < -0.3 is 4.90 Å². The fraction of sp³-hybridized carbons (Fsp3) is 0.562. The van der Waals surface area contributed by atoms with E-state index in [1.165, 1.54) is 19.3 Å². The van der Waals surface area contributed by atoms with E-state index < -0.39 is 0 Å². The maximum absolute atomic E-state index is 12.6. The van der Waals surface area contributed by atoms with Crippen molar-refractivity contribution in [2.75, 3.05) is 13.1 Å². The molecule has 0 aliphatic carbocycles. The minimum absolute atomic E-state index is 0.0445. The van der Waals surface area contributed by atoms with Gasteiger partial charge in [-0.1, -0.05) is 31.4 Å². The molecule has 1 amide bonds. The van der Waals surface area contributed by atoms with E-state index in [4.69, 9.17) is 11.6 Å². The number of amides is 1. The van der Waals surface area contributed by atoms with Crippen molar-refractivity contribution < 1.29 is 4.79 Å². The van der Waals surface area contributed by atoms with Gasteiger partial charge in [0.05, 0.1) is 10.6 Å². The van der Waals surface area contributed by atoms with Crippen LogP contribution in [0.25, 0.3) is 0 Å². The maximum atomic E-state index is 12.6. The molecule has 1 aromatic rings. The van der Waals surface area contributed by atoms with Crippen molar-refractivity contribution in [1.82, 2.24) is 4.90 Å². The molecule has 2 nitrogen and oxygen atoms in total. The Bertz CT molecular complexity index is 478. The molecule has 4 heteroatoms. The highest BCUT2D eigenvalue weighted by molar-refractivity contribution is 7.80. The summed E-state index contributed by atoms with van der Waals surface area (Å²) < 4.78 is 0. The first-order chi connectivity index (χ1) is 9.61. The van der Waals surface area contributed by atoms with Crippen LogP contribution in [0.4, 0.5) is 0 Å². The van der Waals surface area contributed by atoms with Crippen molar-refractivity contribution >= 4 is 30.1 Å². The van der Waals surface area contributed by atoms with Crippen LogP contribution in [0.15, 0.2) is 23.1 Å². The number of nitrogens with zero attached hydrogens (tertiary/aromatic N) is 1. The van der Waals surface area contributed by atoms with Crippen LogP contribution in [0.2, 0.25) is 5.02 Å². The second-order valence-electron chi connectivity index (χ2n) is 5.54. The van der Waals surface area contributed by atoms with Crippen LogP contribution >= 0.6 is 24.2 Å². The van der Waals surface area contributed by atoms with Crippen LogP contribution in [-0.4, -0.2) is 23.9 Å². The highest BCUT2D eigenvalue weighted by Gasteiger charge is 2.22. The smallest absolute Gasteiger partial charge is 0.255 e. The van der Waals surface area contributed by atoms with Gasteiger partial charge in [0, 0.05) is 18.0 Å². The van der Waals surface area contributed by atoms with Crippen molar-refractivity contribution in [1.29, 1.82) is 0 Å². The summed E-state index contributed by atoms with van der Waals surface area (Å²) in [5.74, 6) is 0.813. The average Bonchev–Trinajstić information content (AvgIpc) is 2.67. The summed E-state index contributed by atoms with van der Waals surface area (Å²) in [5.41, 5.74) is 0.577. The van der Waals surface area contributed by atoms with Crippen LogP contribution in [-0.2, 0) is 0 Å². The molecule has 1 heterocycles. The number of carbonyl (C=O) groups is 1. The summed E-state index contributed by atoms with van der Waals surface area (Å²) in [7, 11) is 0. The number of carbonyl (C=O) groups excluding carboxylic acids is 1. The van der Waals surface area contributed by atoms with E-state index in [0.717, 1.165) is 36.7 Å². The van der Waals surface area contributed by atoms with E-state index in [1.54, 1.807) is 12.1 Å². The van der Waals surface area contributed by atoms with E-state index in [-0.39, 0.29) is 5.91 Å². The molecule has 1 atom stereocenters. The van der Waals surface area contributed by atoms with Crippen LogP contribution in [0.5, 0.6) is 0 Å². The highest BCUT2D eigenvalue weighted by Crippen LogP contribution is 2.25. The molecular weight excluding hydrogens is 290 g/mol. The molecule has 0 bridgehead atoms. The zero-order chi connectivity index (χ0) is 14.5. The molecule has 1 aliphatic heterocycles. The predicted octanol–water partition coefficient (Wildman–Crippen LogP) is 4.67. The van der Waals surface area contributed by atoms with Gasteiger partial charge in [-0.3, -0.25) is 4.79 Å². The molecule has 1 fully saturated rings. The second kappa shape index (κ2) is 7.37. The Morgan fingerprint density at radius 2 is 2.20 bits per heavy atom. The molecule has 110 valence electrons. The molecule has 0 aromatic heterocycles. The minimum atomic E-state index is 0.0445. The average molecular weight is 312 g/mol. The Hall–Kier alpha value is -0.670. The van der Waals surface area contributed by atoms with Crippen LogP contribution in [0.3, 0.4) is 0 Å². The Kier molecular flexibility index (Phi) is 5.79. The fourth-order valence-electron chi connectivity index (χ4n) is 2.91. The van der Waals surface area contributed by atoms with Crippen molar-refractivity contribution in [3.05, 3.63) is 28.8 Å². The molecule has 0 N–H and O–H groups in total. The van der Waals surface area contributed by atoms with E-state index in [1.807, 2.05) is 11.0 Å². The first kappa shape index (κ1) is 15.7. The first-order valence-electron chi connectivity index (χ1n) is 7.39. The largest absolute Gasteiger partial charge is 0.339 e. The van der Waals surface area contributed by atoms with Gasteiger partial charge in [-0.15, -0.1) is 12.6 Å². The molecule has 1 unspecified atom stereocenters. The van der Waals surface area contributed by atoms with Gasteiger partial charge in [0.1, 0.15) is 0 Å². The standard InChI is InChI=1S/C16H22ClNOS/c1-2-4-12-5-3-9-18(10-8-12)16(19)14-11-13(20)6-7-15(14)17/h6-7,11-12,20H,2-5,8-10H2,1H3. The van der Waals surface area contributed by atoms with E-state index in [0.29, 0.717) is 10.6 Å². The molecule has 0 saturated carbocycles. The number of likely N-dealkylation sites (tertiary alicyclic amines) is 1. The van der Waals surface area contributed by atoms with E-state index in [9.17, 15) is 4.79 Å². The SMILES string of the molecule is CCCC1CCCN(C(=O)c2cc(S)ccc2Cl)CC1. The molecular formula is C16H22ClNOS. The number of rotatable bonds is 3. The molecule has 20 heavy (non-hydrogen) atoms. The number of benzene rings is 1. The Balaban J connectivity index is 2.07. The molecule has 1 aliphatic rings. The summed E-state index contributed by atoms with van der Waals surface area (Å²) in [6.45, 7) is 3.91. The third kappa shape index (κ3) is 3.92. The zero-order valence-corrected chi connectivity index (χ0v) is 13.6. The Morgan fingerprint density at radius 3 is 2.95 bits per heavy atom. The predicted molar refractivity (Wildman–Crippen MR) is 86.9 cm³/mol. The Labute approximate surface area is 131 Å². The van der Waals surface area contributed by atoms with E-state index in [2.05, 4.69) is 19.6 Å². The summed E-state index contributed by atoms with van der Waals surface area (Å²) in [4.78, 5) is 15.3. The summed E-state index contributed by atoms with van der Waals surface area (Å²) >= 11 is 10.4.